The van der Waals surface area contributed by atoms with E-state index in [0.717, 1.165) is 21.9 Å². The number of aromatic amines is 1. The van der Waals surface area contributed by atoms with Crippen molar-refractivity contribution in [3.63, 3.8) is 0 Å². The molecule has 0 spiro atoms. The average molecular weight is 468 g/mol. The number of benzene rings is 2. The van der Waals surface area contributed by atoms with E-state index in [1.165, 1.54) is 22.7 Å². The van der Waals surface area contributed by atoms with Gasteiger partial charge >= 0.3 is 0 Å². The molecule has 1 unspecified atom stereocenters. The summed E-state index contributed by atoms with van der Waals surface area (Å²) in [5.74, 6) is 0.801. The number of para-hydroxylation sites is 1. The van der Waals surface area contributed by atoms with Gasteiger partial charge in [-0.1, -0.05) is 48.0 Å². The lowest BCUT2D eigenvalue weighted by atomic mass is 10.1. The van der Waals surface area contributed by atoms with Crippen molar-refractivity contribution in [3.05, 3.63) is 71.7 Å². The first-order valence-corrected chi connectivity index (χ1v) is 12.8. The predicted octanol–water partition coefficient (Wildman–Crippen LogP) is 3.82. The maximum absolute atomic E-state index is 13.3. The zero-order valence-corrected chi connectivity index (χ0v) is 19.7. The second-order valence-corrected chi connectivity index (χ2v) is 10.9. The second-order valence-electron chi connectivity index (χ2n) is 8.26. The van der Waals surface area contributed by atoms with Crippen molar-refractivity contribution in [3.8, 4) is 0 Å². The van der Waals surface area contributed by atoms with Crippen LogP contribution in [-0.4, -0.2) is 52.7 Å². The van der Waals surface area contributed by atoms with Crippen LogP contribution in [0.5, 0.6) is 0 Å². The van der Waals surface area contributed by atoms with Crippen LogP contribution in [0, 0.1) is 6.92 Å². The van der Waals surface area contributed by atoms with E-state index in [1.54, 1.807) is 10.5 Å². The number of nitrogens with one attached hydrogen (secondary N) is 1. The molecule has 0 amide bonds. The first-order chi connectivity index (χ1) is 15.4. The number of hydrogen-bond donors (Lipinski definition) is 1. The van der Waals surface area contributed by atoms with Gasteiger partial charge in [0.1, 0.15) is 10.7 Å². The molecule has 166 valence electrons. The van der Waals surface area contributed by atoms with E-state index < -0.39 is 10.0 Å². The minimum Gasteiger partial charge on any atom is -0.360 e. The van der Waals surface area contributed by atoms with E-state index in [4.69, 9.17) is 4.98 Å². The molecule has 0 radical (unpaired) electrons. The second kappa shape index (κ2) is 8.31. The van der Waals surface area contributed by atoms with Gasteiger partial charge in [-0.25, -0.2) is 13.4 Å². The fraction of sp³-hybridized carbons (Fsp3) is 0.304. The number of hydrogen-bond acceptors (Lipinski definition) is 6. The number of H-pyrrole nitrogens is 1. The molecule has 0 bridgehead atoms. The first kappa shape index (κ1) is 21.1. The molecular weight excluding hydrogens is 442 g/mol. The third kappa shape index (κ3) is 3.92. The highest BCUT2D eigenvalue weighted by atomic mass is 32.2. The van der Waals surface area contributed by atoms with E-state index in [9.17, 15) is 8.42 Å². The Balaban J connectivity index is 1.30. The lowest BCUT2D eigenvalue weighted by Crippen LogP contribution is -2.53. The number of aromatic nitrogens is 3. The number of anilines is 1. The molecule has 7 nitrogen and oxygen atoms in total. The zero-order valence-electron chi connectivity index (χ0n) is 18.0. The molecule has 1 saturated heterocycles. The van der Waals surface area contributed by atoms with Gasteiger partial charge < -0.3 is 9.88 Å². The Hall–Kier alpha value is -2.75. The molecule has 1 atom stereocenters. The third-order valence-electron chi connectivity index (χ3n) is 5.95. The van der Waals surface area contributed by atoms with E-state index >= 15 is 0 Å². The summed E-state index contributed by atoms with van der Waals surface area (Å²) in [5.41, 5.74) is 3.24. The molecule has 9 heteroatoms. The standard InChI is InChI=1S/C23H25N5O2S2/c1-16-7-9-18(10-8-16)13-22-25-23(31-26-22)28-12-11-27(15-17(28)2)32(29,30)21-14-24-20-6-4-3-5-19(20)21/h3-10,14,17,24H,11-13,15H2,1-2H3. The van der Waals surface area contributed by atoms with Gasteiger partial charge in [0.05, 0.1) is 0 Å². The molecule has 5 rings (SSSR count). The Morgan fingerprint density at radius 1 is 1.12 bits per heavy atom. The molecule has 1 fully saturated rings. The van der Waals surface area contributed by atoms with E-state index in [-0.39, 0.29) is 6.04 Å². The summed E-state index contributed by atoms with van der Waals surface area (Å²) in [5, 5.41) is 1.58. The number of sulfonamides is 1. The van der Waals surface area contributed by atoms with Crippen LogP contribution in [0.1, 0.15) is 23.9 Å². The van der Waals surface area contributed by atoms with Crippen LogP contribution in [0.2, 0.25) is 0 Å². The monoisotopic (exact) mass is 467 g/mol. The highest BCUT2D eigenvalue weighted by Crippen LogP contribution is 2.29. The number of aryl methyl sites for hydroxylation is 1. The predicted molar refractivity (Wildman–Crippen MR) is 128 cm³/mol. The Labute approximate surface area is 191 Å². The largest absolute Gasteiger partial charge is 0.360 e. The summed E-state index contributed by atoms with van der Waals surface area (Å²) < 4.78 is 32.8. The van der Waals surface area contributed by atoms with Gasteiger partial charge in [-0.15, -0.1) is 0 Å². The average Bonchev–Trinajstić information content (AvgIpc) is 3.43. The number of fused-ring (bicyclic) bond motifs is 1. The Morgan fingerprint density at radius 3 is 2.69 bits per heavy atom. The van der Waals surface area contributed by atoms with Crippen LogP contribution in [-0.2, 0) is 16.4 Å². The van der Waals surface area contributed by atoms with E-state index in [0.29, 0.717) is 31.0 Å². The number of piperazine rings is 1. The molecule has 0 aliphatic carbocycles. The summed E-state index contributed by atoms with van der Waals surface area (Å²) >= 11 is 1.38. The fourth-order valence-electron chi connectivity index (χ4n) is 4.15. The Kier molecular flexibility index (Phi) is 5.48. The first-order valence-electron chi connectivity index (χ1n) is 10.6. The Bertz CT molecular complexity index is 1340. The molecule has 2 aromatic heterocycles. The molecule has 0 saturated carbocycles. The van der Waals surface area contributed by atoms with Crippen molar-refractivity contribution in [2.45, 2.75) is 31.2 Å². The van der Waals surface area contributed by atoms with Crippen molar-refractivity contribution in [2.24, 2.45) is 0 Å². The van der Waals surface area contributed by atoms with Gasteiger partial charge in [-0.2, -0.15) is 8.68 Å². The van der Waals surface area contributed by atoms with Crippen molar-refractivity contribution in [1.29, 1.82) is 0 Å². The quantitative estimate of drug-likeness (QED) is 0.483. The van der Waals surface area contributed by atoms with Crippen LogP contribution < -0.4 is 4.90 Å². The molecule has 4 aromatic rings. The lowest BCUT2D eigenvalue weighted by molar-refractivity contribution is 0.342. The molecule has 3 heterocycles. The summed E-state index contributed by atoms with van der Waals surface area (Å²) in [6.07, 6.45) is 2.29. The maximum Gasteiger partial charge on any atom is 0.245 e. The number of rotatable bonds is 5. The van der Waals surface area contributed by atoms with Gasteiger partial charge in [-0.3, -0.25) is 0 Å². The van der Waals surface area contributed by atoms with E-state index in [2.05, 4.69) is 45.4 Å². The van der Waals surface area contributed by atoms with Gasteiger partial charge in [0, 0.05) is 60.7 Å². The van der Waals surface area contributed by atoms with Crippen LogP contribution >= 0.6 is 11.5 Å². The van der Waals surface area contributed by atoms with Crippen molar-refractivity contribution in [1.82, 2.24) is 18.6 Å². The Morgan fingerprint density at radius 2 is 1.91 bits per heavy atom. The molecule has 1 aliphatic rings. The van der Waals surface area contributed by atoms with Gasteiger partial charge in [0.25, 0.3) is 0 Å². The summed E-state index contributed by atoms with van der Waals surface area (Å²) in [6.45, 7) is 5.52. The van der Waals surface area contributed by atoms with E-state index in [1.807, 2.05) is 31.2 Å². The third-order valence-corrected chi connectivity index (χ3v) is 8.64. The topological polar surface area (TPSA) is 82.2 Å². The van der Waals surface area contributed by atoms with Crippen molar-refractivity contribution in [2.75, 3.05) is 24.5 Å². The summed E-state index contributed by atoms with van der Waals surface area (Å²) in [7, 11) is -3.58. The summed E-state index contributed by atoms with van der Waals surface area (Å²) in [4.78, 5) is 10.3. The molecule has 1 aliphatic heterocycles. The smallest absolute Gasteiger partial charge is 0.245 e. The highest BCUT2D eigenvalue weighted by Gasteiger charge is 2.34. The van der Waals surface area contributed by atoms with Crippen molar-refractivity contribution >= 4 is 37.6 Å². The molecule has 32 heavy (non-hydrogen) atoms. The molecule has 1 N–H and O–H groups in total. The van der Waals surface area contributed by atoms with Crippen LogP contribution in [0.4, 0.5) is 5.13 Å². The van der Waals surface area contributed by atoms with Crippen LogP contribution in [0.15, 0.2) is 59.6 Å². The molecule has 2 aromatic carbocycles. The normalized spacial score (nSPS) is 17.8. The van der Waals surface area contributed by atoms with Crippen molar-refractivity contribution < 1.29 is 8.42 Å². The zero-order chi connectivity index (χ0) is 22.3. The lowest BCUT2D eigenvalue weighted by Gasteiger charge is -2.38. The van der Waals surface area contributed by atoms with Crippen LogP contribution in [0.25, 0.3) is 10.9 Å². The SMILES string of the molecule is Cc1ccc(Cc2nsc(N3CCN(S(=O)(=O)c4c[nH]c5ccccc45)CC3C)n2)cc1. The minimum absolute atomic E-state index is 0.00362. The summed E-state index contributed by atoms with van der Waals surface area (Å²) in [6, 6.07) is 15.9. The van der Waals surface area contributed by atoms with Gasteiger partial charge in [-0.05, 0) is 25.5 Å². The highest BCUT2D eigenvalue weighted by molar-refractivity contribution is 7.89. The number of nitrogens with zero attached hydrogens (tertiary/aromatic N) is 4. The molecular formula is C23H25N5O2S2. The van der Waals surface area contributed by atoms with Gasteiger partial charge in [0.15, 0.2) is 0 Å². The fourth-order valence-corrected chi connectivity index (χ4v) is 6.64. The van der Waals surface area contributed by atoms with Gasteiger partial charge in [0.2, 0.25) is 15.2 Å². The van der Waals surface area contributed by atoms with Crippen LogP contribution in [0.3, 0.4) is 0 Å². The minimum atomic E-state index is -3.58. The maximum atomic E-state index is 13.3.